The highest BCUT2D eigenvalue weighted by Crippen LogP contribution is 2.30. The number of benzene rings is 2. The van der Waals surface area contributed by atoms with Gasteiger partial charge in [0.05, 0.1) is 10.7 Å². The van der Waals surface area contributed by atoms with E-state index in [0.29, 0.717) is 21.5 Å². The van der Waals surface area contributed by atoms with E-state index in [9.17, 15) is 0 Å². The Hall–Kier alpha value is -1.71. The predicted molar refractivity (Wildman–Crippen MR) is 79.0 cm³/mol. The Kier molecular flexibility index (Phi) is 3.09. The van der Waals surface area contributed by atoms with Crippen molar-refractivity contribution >= 4 is 40.0 Å². The van der Waals surface area contributed by atoms with Crippen molar-refractivity contribution in [1.29, 1.82) is 0 Å². The lowest BCUT2D eigenvalue weighted by molar-refractivity contribution is 0.620. The first-order chi connectivity index (χ1) is 9.17. The van der Waals surface area contributed by atoms with Gasteiger partial charge in [0.1, 0.15) is 5.52 Å². The van der Waals surface area contributed by atoms with Gasteiger partial charge in [-0.2, -0.15) is 0 Å². The van der Waals surface area contributed by atoms with Gasteiger partial charge in [-0.3, -0.25) is 0 Å². The fourth-order valence-electron chi connectivity index (χ4n) is 1.87. The van der Waals surface area contributed by atoms with Gasteiger partial charge in [0.2, 0.25) is 5.89 Å². The second kappa shape index (κ2) is 4.76. The summed E-state index contributed by atoms with van der Waals surface area (Å²) < 4.78 is 5.71. The zero-order valence-corrected chi connectivity index (χ0v) is 11.6. The second-order valence-electron chi connectivity index (χ2n) is 4.08. The summed E-state index contributed by atoms with van der Waals surface area (Å²) >= 11 is 12.0. The number of nitrogens with zero attached hydrogens (tertiary/aromatic N) is 1. The molecule has 19 heavy (non-hydrogen) atoms. The van der Waals surface area contributed by atoms with Crippen molar-refractivity contribution in [1.82, 2.24) is 4.98 Å². The third-order valence-electron chi connectivity index (χ3n) is 2.83. The van der Waals surface area contributed by atoms with E-state index in [-0.39, 0.29) is 0 Å². The molecule has 5 heteroatoms. The van der Waals surface area contributed by atoms with E-state index in [2.05, 4.69) is 10.3 Å². The van der Waals surface area contributed by atoms with Crippen LogP contribution in [-0.2, 0) is 0 Å². The first-order valence-electron chi connectivity index (χ1n) is 5.71. The molecule has 3 nitrogen and oxygen atoms in total. The smallest absolute Gasteiger partial charge is 0.227 e. The number of fused-ring (bicyclic) bond motifs is 1. The standard InChI is InChI=1S/C14H10Cl2N2O/c1-17-11-6-8(2-4-10(11)16)14-18-12-7-9(15)3-5-13(12)19-14/h2-7,17H,1H3. The zero-order valence-electron chi connectivity index (χ0n) is 10.1. The van der Waals surface area contributed by atoms with Crippen molar-refractivity contribution in [2.75, 3.05) is 12.4 Å². The SMILES string of the molecule is CNc1cc(-c2nc3cc(Cl)ccc3o2)ccc1Cl. The quantitative estimate of drug-likeness (QED) is 0.734. The van der Waals surface area contributed by atoms with Crippen LogP contribution < -0.4 is 5.32 Å². The lowest BCUT2D eigenvalue weighted by atomic mass is 10.2. The molecule has 0 aliphatic heterocycles. The minimum atomic E-state index is 0.547. The average Bonchev–Trinajstić information content (AvgIpc) is 2.82. The molecule has 0 aliphatic rings. The molecule has 0 atom stereocenters. The van der Waals surface area contributed by atoms with Crippen molar-refractivity contribution in [2.24, 2.45) is 0 Å². The summed E-state index contributed by atoms with van der Waals surface area (Å²) in [5.41, 5.74) is 3.14. The third-order valence-corrected chi connectivity index (χ3v) is 3.40. The number of halogens is 2. The lowest BCUT2D eigenvalue weighted by Crippen LogP contribution is -1.89. The van der Waals surface area contributed by atoms with Crippen molar-refractivity contribution in [3.05, 3.63) is 46.4 Å². The average molecular weight is 293 g/mol. The molecular weight excluding hydrogens is 283 g/mol. The molecule has 1 heterocycles. The molecule has 0 radical (unpaired) electrons. The predicted octanol–water partition coefficient (Wildman–Crippen LogP) is 4.84. The maximum atomic E-state index is 6.05. The molecule has 96 valence electrons. The van der Waals surface area contributed by atoms with Crippen molar-refractivity contribution < 1.29 is 4.42 Å². The van der Waals surface area contributed by atoms with Gasteiger partial charge in [0.25, 0.3) is 0 Å². The number of hydrogen-bond donors (Lipinski definition) is 1. The van der Waals surface area contributed by atoms with Crippen LogP contribution >= 0.6 is 23.2 Å². The molecule has 1 aromatic heterocycles. The Labute approximate surface area is 120 Å². The van der Waals surface area contributed by atoms with Crippen molar-refractivity contribution in [3.63, 3.8) is 0 Å². The van der Waals surface area contributed by atoms with Gasteiger partial charge in [-0.15, -0.1) is 0 Å². The Morgan fingerprint density at radius 2 is 1.95 bits per heavy atom. The highest BCUT2D eigenvalue weighted by atomic mass is 35.5. The van der Waals surface area contributed by atoms with Crippen LogP contribution in [-0.4, -0.2) is 12.0 Å². The molecule has 0 unspecified atom stereocenters. The molecule has 0 saturated carbocycles. The van der Waals surface area contributed by atoms with E-state index in [0.717, 1.165) is 16.8 Å². The van der Waals surface area contributed by atoms with E-state index in [1.54, 1.807) is 12.1 Å². The summed E-state index contributed by atoms with van der Waals surface area (Å²) in [6.07, 6.45) is 0. The Morgan fingerprint density at radius 1 is 1.11 bits per heavy atom. The van der Waals surface area contributed by atoms with Crippen LogP contribution in [0.3, 0.4) is 0 Å². The van der Waals surface area contributed by atoms with Crippen LogP contribution in [0.1, 0.15) is 0 Å². The summed E-state index contributed by atoms with van der Waals surface area (Å²) in [6.45, 7) is 0. The van der Waals surface area contributed by atoms with Crippen LogP contribution in [0.5, 0.6) is 0 Å². The maximum absolute atomic E-state index is 6.05. The van der Waals surface area contributed by atoms with Crippen LogP contribution in [0.15, 0.2) is 40.8 Å². The molecule has 0 aliphatic carbocycles. The molecule has 3 aromatic rings. The molecule has 0 saturated heterocycles. The number of aromatic nitrogens is 1. The highest BCUT2D eigenvalue weighted by Gasteiger charge is 2.10. The zero-order chi connectivity index (χ0) is 13.4. The summed E-state index contributed by atoms with van der Waals surface area (Å²) in [7, 11) is 1.82. The maximum Gasteiger partial charge on any atom is 0.227 e. The van der Waals surface area contributed by atoms with Gasteiger partial charge in [-0.1, -0.05) is 23.2 Å². The number of oxazole rings is 1. The van der Waals surface area contributed by atoms with Crippen LogP contribution in [0, 0.1) is 0 Å². The molecule has 1 N–H and O–H groups in total. The van der Waals surface area contributed by atoms with E-state index in [4.69, 9.17) is 27.6 Å². The lowest BCUT2D eigenvalue weighted by Gasteiger charge is -2.04. The van der Waals surface area contributed by atoms with E-state index in [1.807, 2.05) is 31.3 Å². The Morgan fingerprint density at radius 3 is 2.74 bits per heavy atom. The summed E-state index contributed by atoms with van der Waals surface area (Å²) in [4.78, 5) is 4.43. The summed E-state index contributed by atoms with van der Waals surface area (Å²) in [5.74, 6) is 0.547. The van der Waals surface area contributed by atoms with Gasteiger partial charge in [-0.25, -0.2) is 4.98 Å². The fraction of sp³-hybridized carbons (Fsp3) is 0.0714. The van der Waals surface area contributed by atoms with Crippen LogP contribution in [0.2, 0.25) is 10.0 Å². The fourth-order valence-corrected chi connectivity index (χ4v) is 2.25. The Bertz CT molecular complexity index is 752. The molecule has 3 rings (SSSR count). The first-order valence-corrected chi connectivity index (χ1v) is 6.47. The minimum absolute atomic E-state index is 0.547. The molecule has 2 aromatic carbocycles. The second-order valence-corrected chi connectivity index (χ2v) is 4.92. The molecular formula is C14H10Cl2N2O. The Balaban J connectivity index is 2.13. The minimum Gasteiger partial charge on any atom is -0.436 e. The van der Waals surface area contributed by atoms with Crippen LogP contribution in [0.25, 0.3) is 22.6 Å². The number of rotatable bonds is 2. The summed E-state index contributed by atoms with van der Waals surface area (Å²) in [5, 5.41) is 4.32. The molecule has 0 spiro atoms. The van der Waals surface area contributed by atoms with E-state index >= 15 is 0 Å². The topological polar surface area (TPSA) is 38.1 Å². The number of anilines is 1. The summed E-state index contributed by atoms with van der Waals surface area (Å²) in [6, 6.07) is 10.9. The normalized spacial score (nSPS) is 10.9. The third kappa shape index (κ3) is 2.27. The van der Waals surface area contributed by atoms with Crippen molar-refractivity contribution in [2.45, 2.75) is 0 Å². The van der Waals surface area contributed by atoms with E-state index < -0.39 is 0 Å². The largest absolute Gasteiger partial charge is 0.436 e. The first kappa shape index (κ1) is 12.3. The van der Waals surface area contributed by atoms with Crippen LogP contribution in [0.4, 0.5) is 5.69 Å². The molecule has 0 fully saturated rings. The van der Waals surface area contributed by atoms with Gasteiger partial charge < -0.3 is 9.73 Å². The van der Waals surface area contributed by atoms with Gasteiger partial charge in [0.15, 0.2) is 5.58 Å². The monoisotopic (exact) mass is 292 g/mol. The number of hydrogen-bond acceptors (Lipinski definition) is 3. The highest BCUT2D eigenvalue weighted by molar-refractivity contribution is 6.33. The van der Waals surface area contributed by atoms with Crippen molar-refractivity contribution in [3.8, 4) is 11.5 Å². The van der Waals surface area contributed by atoms with Gasteiger partial charge in [-0.05, 0) is 36.4 Å². The van der Waals surface area contributed by atoms with Gasteiger partial charge in [0, 0.05) is 17.6 Å². The van der Waals surface area contributed by atoms with E-state index in [1.165, 1.54) is 0 Å². The number of nitrogens with one attached hydrogen (secondary N) is 1. The molecule has 0 bridgehead atoms. The van der Waals surface area contributed by atoms with Gasteiger partial charge >= 0.3 is 0 Å². The molecule has 0 amide bonds.